The van der Waals surface area contributed by atoms with Crippen LogP contribution in [0.5, 0.6) is 0 Å². The predicted octanol–water partition coefficient (Wildman–Crippen LogP) is 1.85. The number of benzene rings is 1. The molecular formula is C11H14OTe. The summed E-state index contributed by atoms with van der Waals surface area (Å²) in [6.45, 7) is 2.23. The van der Waals surface area contributed by atoms with Gasteiger partial charge in [0.05, 0.1) is 0 Å². The summed E-state index contributed by atoms with van der Waals surface area (Å²) < 4.78 is 1.21. The molecule has 0 saturated heterocycles. The second kappa shape index (κ2) is 5.42. The van der Waals surface area contributed by atoms with Crippen molar-refractivity contribution in [1.29, 1.82) is 0 Å². The van der Waals surface area contributed by atoms with E-state index in [0.717, 1.165) is 11.8 Å². The van der Waals surface area contributed by atoms with Gasteiger partial charge in [0.15, 0.2) is 0 Å². The Kier molecular flexibility index (Phi) is 4.48. The van der Waals surface area contributed by atoms with Crippen molar-refractivity contribution in [2.24, 2.45) is 0 Å². The van der Waals surface area contributed by atoms with Crippen molar-refractivity contribution in [3.05, 3.63) is 35.4 Å². The molecule has 0 aliphatic carbocycles. The Morgan fingerprint density at radius 2 is 2.00 bits per heavy atom. The standard InChI is InChI=1S/C11H14OTe/c1-9(8-13)11-4-2-10(3-5-11)6-7-12/h2-5,7,9,13H,6,8H2,1H3. The van der Waals surface area contributed by atoms with Crippen LogP contribution >= 0.6 is 0 Å². The molecule has 0 fully saturated rings. The Morgan fingerprint density at radius 1 is 1.38 bits per heavy atom. The molecule has 1 aromatic rings. The van der Waals surface area contributed by atoms with E-state index >= 15 is 0 Å². The van der Waals surface area contributed by atoms with Crippen LogP contribution in [0, 0.1) is 0 Å². The van der Waals surface area contributed by atoms with Crippen molar-refractivity contribution in [1.82, 2.24) is 0 Å². The van der Waals surface area contributed by atoms with Crippen LogP contribution in [0.2, 0.25) is 4.47 Å². The third-order valence-corrected chi connectivity index (χ3v) is 3.70. The molecule has 0 amide bonds. The van der Waals surface area contributed by atoms with Gasteiger partial charge in [-0.25, -0.2) is 0 Å². The van der Waals surface area contributed by atoms with Crippen LogP contribution in [0.4, 0.5) is 0 Å². The molecule has 0 bridgehead atoms. The number of aldehydes is 1. The van der Waals surface area contributed by atoms with Gasteiger partial charge in [0.25, 0.3) is 0 Å². The van der Waals surface area contributed by atoms with E-state index in [1.165, 1.54) is 10.0 Å². The fourth-order valence-electron chi connectivity index (χ4n) is 1.18. The van der Waals surface area contributed by atoms with Crippen LogP contribution < -0.4 is 0 Å². The molecule has 1 nitrogen and oxygen atoms in total. The first-order valence-electron chi connectivity index (χ1n) is 4.41. The minimum atomic E-state index is 0.532. The molecule has 0 spiro atoms. The molecule has 1 unspecified atom stereocenters. The van der Waals surface area contributed by atoms with Crippen LogP contribution in [-0.4, -0.2) is 28.6 Å². The molecule has 0 saturated carbocycles. The SMILES string of the molecule is CC(C[TeH])c1ccc(CC=O)cc1. The third-order valence-electron chi connectivity index (χ3n) is 2.14. The summed E-state index contributed by atoms with van der Waals surface area (Å²) in [6, 6.07) is 8.34. The zero-order chi connectivity index (χ0) is 9.68. The molecule has 1 aromatic carbocycles. The minimum absolute atomic E-state index is 0.532. The number of hydrogen-bond acceptors (Lipinski definition) is 1. The van der Waals surface area contributed by atoms with Crippen LogP contribution in [0.15, 0.2) is 24.3 Å². The van der Waals surface area contributed by atoms with Gasteiger partial charge in [0.1, 0.15) is 0 Å². The maximum atomic E-state index is 10.3. The molecule has 0 radical (unpaired) electrons. The molecule has 70 valence electrons. The topological polar surface area (TPSA) is 17.1 Å². The molecule has 0 aromatic heterocycles. The van der Waals surface area contributed by atoms with Crippen LogP contribution in [0.3, 0.4) is 0 Å². The van der Waals surface area contributed by atoms with E-state index in [1.54, 1.807) is 0 Å². The average Bonchev–Trinajstić information content (AvgIpc) is 2.18. The second-order valence-corrected chi connectivity index (χ2v) is 4.24. The normalized spacial score (nSPS) is 12.5. The molecule has 13 heavy (non-hydrogen) atoms. The summed E-state index contributed by atoms with van der Waals surface area (Å²) in [5.74, 6) is 0.638. The molecule has 0 aliphatic rings. The molecule has 0 heterocycles. The summed E-state index contributed by atoms with van der Waals surface area (Å²) in [5.41, 5.74) is 2.47. The van der Waals surface area contributed by atoms with Gasteiger partial charge in [-0.2, -0.15) is 0 Å². The summed E-state index contributed by atoms with van der Waals surface area (Å²) in [5, 5.41) is 0. The monoisotopic (exact) mass is 292 g/mol. The number of rotatable bonds is 4. The first kappa shape index (κ1) is 10.8. The predicted molar refractivity (Wildman–Crippen MR) is 56.6 cm³/mol. The fourth-order valence-corrected chi connectivity index (χ4v) is 1.79. The van der Waals surface area contributed by atoms with Crippen LogP contribution in [0.25, 0.3) is 0 Å². The van der Waals surface area contributed by atoms with Gasteiger partial charge in [-0.05, 0) is 0 Å². The Morgan fingerprint density at radius 3 is 2.46 bits per heavy atom. The van der Waals surface area contributed by atoms with Crippen molar-refractivity contribution in [2.75, 3.05) is 0 Å². The third kappa shape index (κ3) is 3.14. The van der Waals surface area contributed by atoms with Gasteiger partial charge < -0.3 is 0 Å². The summed E-state index contributed by atoms with van der Waals surface area (Å²) in [6.07, 6.45) is 1.48. The van der Waals surface area contributed by atoms with Gasteiger partial charge >= 0.3 is 92.5 Å². The van der Waals surface area contributed by atoms with Crippen molar-refractivity contribution in [2.45, 2.75) is 23.7 Å². The number of carbonyl (C=O) groups is 1. The van der Waals surface area contributed by atoms with Crippen molar-refractivity contribution in [3.8, 4) is 0 Å². The van der Waals surface area contributed by atoms with E-state index in [-0.39, 0.29) is 0 Å². The number of carbonyl (C=O) groups excluding carboxylic acids is 1. The van der Waals surface area contributed by atoms with Crippen molar-refractivity contribution < 1.29 is 4.79 Å². The molecular weight excluding hydrogens is 276 g/mol. The zero-order valence-corrected chi connectivity index (χ0v) is 10.3. The van der Waals surface area contributed by atoms with Gasteiger partial charge in [-0.3, -0.25) is 0 Å². The van der Waals surface area contributed by atoms with Crippen molar-refractivity contribution >= 4 is 28.6 Å². The zero-order valence-electron chi connectivity index (χ0n) is 7.73. The average molecular weight is 290 g/mol. The number of hydrogen-bond donors (Lipinski definition) is 0. The second-order valence-electron chi connectivity index (χ2n) is 3.20. The molecule has 0 N–H and O–H groups in total. The fraction of sp³-hybridized carbons (Fsp3) is 0.364. The van der Waals surface area contributed by atoms with Gasteiger partial charge in [0, 0.05) is 0 Å². The Labute approximate surface area is 92.4 Å². The Hall–Kier alpha value is -0.320. The van der Waals surface area contributed by atoms with E-state index in [4.69, 9.17) is 0 Å². The van der Waals surface area contributed by atoms with Crippen LogP contribution in [-0.2, 0) is 11.2 Å². The Bertz CT molecular complexity index is 266. The molecule has 1 rings (SSSR count). The van der Waals surface area contributed by atoms with E-state index in [0.29, 0.717) is 12.3 Å². The Balaban J connectivity index is 2.74. The van der Waals surface area contributed by atoms with Gasteiger partial charge in [-0.1, -0.05) is 0 Å². The molecule has 1 atom stereocenters. The maximum absolute atomic E-state index is 10.3. The van der Waals surface area contributed by atoms with E-state index in [1.807, 2.05) is 34.4 Å². The summed E-state index contributed by atoms with van der Waals surface area (Å²) in [4.78, 5) is 10.3. The van der Waals surface area contributed by atoms with E-state index in [9.17, 15) is 4.79 Å². The quantitative estimate of drug-likeness (QED) is 0.611. The molecule has 2 heteroatoms. The van der Waals surface area contributed by atoms with E-state index < -0.39 is 0 Å². The first-order chi connectivity index (χ1) is 6.27. The van der Waals surface area contributed by atoms with Gasteiger partial charge in [-0.15, -0.1) is 0 Å². The summed E-state index contributed by atoms with van der Waals surface area (Å²) >= 11 is 1.85. The van der Waals surface area contributed by atoms with Gasteiger partial charge in [0.2, 0.25) is 0 Å². The first-order valence-corrected chi connectivity index (χ1v) is 6.21. The van der Waals surface area contributed by atoms with Crippen molar-refractivity contribution in [3.63, 3.8) is 0 Å². The van der Waals surface area contributed by atoms with Crippen LogP contribution in [0.1, 0.15) is 24.0 Å². The van der Waals surface area contributed by atoms with E-state index in [2.05, 4.69) is 19.1 Å². The molecule has 0 aliphatic heterocycles. The summed E-state index contributed by atoms with van der Waals surface area (Å²) in [7, 11) is 0.